The number of nitrogens with zero attached hydrogens (tertiary/aromatic N) is 1. The molecule has 1 aliphatic heterocycles. The molecule has 3 N–H and O–H groups in total. The number of carbonyl (C=O) groups excluding carboxylic acids is 3. The molecule has 8 nitrogen and oxygen atoms in total. The van der Waals surface area contributed by atoms with Crippen molar-refractivity contribution in [2.24, 2.45) is 0 Å². The summed E-state index contributed by atoms with van der Waals surface area (Å²) in [7, 11) is 0. The van der Waals surface area contributed by atoms with Gasteiger partial charge in [0, 0.05) is 0 Å². The Hall–Kier alpha value is -2.12. The van der Waals surface area contributed by atoms with E-state index >= 15 is 0 Å². The minimum absolute atomic E-state index is 0.254. The molecule has 0 saturated carbocycles. The monoisotopic (exact) mass is 257 g/mol. The van der Waals surface area contributed by atoms with Gasteiger partial charge in [-0.25, -0.2) is 9.59 Å². The quantitative estimate of drug-likeness (QED) is 0.553. The zero-order valence-corrected chi connectivity index (χ0v) is 9.93. The topological polar surface area (TPSA) is 116 Å². The van der Waals surface area contributed by atoms with Gasteiger partial charge in [-0.2, -0.15) is 0 Å². The summed E-state index contributed by atoms with van der Waals surface area (Å²) < 4.78 is 0. The standard InChI is InChI=1S/C10H15N3O5/c1-2-3-6(9(16)17)11-10(18)13-4-7(14)12-8(15)5-13/h6H,2-5H2,1H3,(H,11,18)(H,16,17)(H,12,14,15)/t6-/m1/s1. The lowest BCUT2D eigenvalue weighted by Crippen LogP contribution is -2.57. The number of imide groups is 1. The SMILES string of the molecule is CCC[C@@H](NC(=O)N1CC(=O)NC(=O)C1)C(=O)O. The van der Waals surface area contributed by atoms with Crippen molar-refractivity contribution in [3.8, 4) is 0 Å². The van der Waals surface area contributed by atoms with Gasteiger partial charge in [0.2, 0.25) is 11.8 Å². The summed E-state index contributed by atoms with van der Waals surface area (Å²) in [5.74, 6) is -2.30. The molecule has 1 rings (SSSR count). The lowest BCUT2D eigenvalue weighted by Gasteiger charge is -2.27. The summed E-state index contributed by atoms with van der Waals surface area (Å²) in [5.41, 5.74) is 0. The highest BCUT2D eigenvalue weighted by atomic mass is 16.4. The van der Waals surface area contributed by atoms with Crippen LogP contribution in [0, 0.1) is 0 Å². The fourth-order valence-electron chi connectivity index (χ4n) is 1.57. The Morgan fingerprint density at radius 3 is 2.39 bits per heavy atom. The fraction of sp³-hybridized carbons (Fsp3) is 0.600. The summed E-state index contributed by atoms with van der Waals surface area (Å²) in [6.07, 6.45) is 0.881. The lowest BCUT2D eigenvalue weighted by molar-refractivity contribution is -0.139. The average molecular weight is 257 g/mol. The molecular weight excluding hydrogens is 242 g/mol. The van der Waals surface area contributed by atoms with E-state index in [0.717, 1.165) is 4.90 Å². The molecule has 100 valence electrons. The molecule has 8 heteroatoms. The predicted molar refractivity (Wildman–Crippen MR) is 59.6 cm³/mol. The third-order valence-corrected chi connectivity index (χ3v) is 2.41. The first-order valence-electron chi connectivity index (χ1n) is 5.55. The van der Waals surface area contributed by atoms with Crippen molar-refractivity contribution in [2.45, 2.75) is 25.8 Å². The van der Waals surface area contributed by atoms with Gasteiger partial charge in [-0.3, -0.25) is 14.9 Å². The van der Waals surface area contributed by atoms with E-state index in [1.54, 1.807) is 6.92 Å². The first-order chi connectivity index (χ1) is 8.43. The summed E-state index contributed by atoms with van der Waals surface area (Å²) in [4.78, 5) is 45.7. The van der Waals surface area contributed by atoms with Gasteiger partial charge < -0.3 is 15.3 Å². The predicted octanol–water partition coefficient (Wildman–Crippen LogP) is -1.09. The Balaban J connectivity index is 2.60. The van der Waals surface area contributed by atoms with E-state index in [1.807, 2.05) is 5.32 Å². The lowest BCUT2D eigenvalue weighted by atomic mass is 10.2. The van der Waals surface area contributed by atoms with E-state index in [1.165, 1.54) is 0 Å². The number of aliphatic carboxylic acids is 1. The van der Waals surface area contributed by atoms with Crippen LogP contribution >= 0.6 is 0 Å². The Morgan fingerprint density at radius 2 is 1.94 bits per heavy atom. The second-order valence-electron chi connectivity index (χ2n) is 3.96. The molecule has 0 spiro atoms. The fourth-order valence-corrected chi connectivity index (χ4v) is 1.57. The van der Waals surface area contributed by atoms with Crippen molar-refractivity contribution in [3.63, 3.8) is 0 Å². The van der Waals surface area contributed by atoms with E-state index < -0.39 is 29.9 Å². The molecule has 0 aromatic heterocycles. The molecule has 1 aliphatic rings. The number of hydrogen-bond acceptors (Lipinski definition) is 4. The van der Waals surface area contributed by atoms with Crippen LogP contribution in [0.4, 0.5) is 4.79 Å². The van der Waals surface area contributed by atoms with Crippen molar-refractivity contribution in [1.29, 1.82) is 0 Å². The molecule has 0 bridgehead atoms. The van der Waals surface area contributed by atoms with Gasteiger partial charge in [-0.15, -0.1) is 0 Å². The van der Waals surface area contributed by atoms with E-state index in [2.05, 4.69) is 5.32 Å². The Kier molecular flexibility index (Phi) is 4.64. The van der Waals surface area contributed by atoms with Gasteiger partial charge in [0.05, 0.1) is 0 Å². The second kappa shape index (κ2) is 5.99. The average Bonchev–Trinajstić information content (AvgIpc) is 2.26. The molecule has 18 heavy (non-hydrogen) atoms. The van der Waals surface area contributed by atoms with Gasteiger partial charge in [0.25, 0.3) is 0 Å². The first kappa shape index (κ1) is 13.9. The van der Waals surface area contributed by atoms with Crippen LogP contribution in [-0.2, 0) is 14.4 Å². The van der Waals surface area contributed by atoms with Gasteiger partial charge in [0.15, 0.2) is 0 Å². The van der Waals surface area contributed by atoms with Crippen LogP contribution in [0.25, 0.3) is 0 Å². The maximum Gasteiger partial charge on any atom is 0.326 e. The maximum absolute atomic E-state index is 11.7. The summed E-state index contributed by atoms with van der Waals surface area (Å²) in [6.45, 7) is 1.28. The van der Waals surface area contributed by atoms with Crippen LogP contribution in [0.2, 0.25) is 0 Å². The highest BCUT2D eigenvalue weighted by molar-refractivity contribution is 6.02. The van der Waals surface area contributed by atoms with E-state index in [9.17, 15) is 19.2 Å². The van der Waals surface area contributed by atoms with Gasteiger partial charge in [0.1, 0.15) is 19.1 Å². The summed E-state index contributed by atoms with van der Waals surface area (Å²) in [5, 5.41) is 13.2. The maximum atomic E-state index is 11.7. The number of carbonyl (C=O) groups is 4. The molecule has 0 aromatic carbocycles. The normalized spacial score (nSPS) is 17.1. The van der Waals surface area contributed by atoms with Gasteiger partial charge in [-0.1, -0.05) is 13.3 Å². The number of piperazine rings is 1. The molecular formula is C10H15N3O5. The molecule has 0 aliphatic carbocycles. The van der Waals surface area contributed by atoms with Crippen molar-refractivity contribution >= 4 is 23.8 Å². The number of nitrogens with one attached hydrogen (secondary N) is 2. The van der Waals surface area contributed by atoms with E-state index in [4.69, 9.17) is 5.11 Å². The zero-order valence-electron chi connectivity index (χ0n) is 9.93. The molecule has 4 amide bonds. The Morgan fingerprint density at radius 1 is 1.39 bits per heavy atom. The third kappa shape index (κ3) is 3.72. The number of carboxylic acid groups (broad SMARTS) is 1. The molecule has 0 radical (unpaired) electrons. The van der Waals surface area contributed by atoms with Gasteiger partial charge >= 0.3 is 12.0 Å². The molecule has 0 unspecified atom stereocenters. The minimum atomic E-state index is -1.14. The van der Waals surface area contributed by atoms with Crippen LogP contribution in [0.15, 0.2) is 0 Å². The van der Waals surface area contributed by atoms with Crippen molar-refractivity contribution in [2.75, 3.05) is 13.1 Å². The third-order valence-electron chi connectivity index (χ3n) is 2.41. The highest BCUT2D eigenvalue weighted by Crippen LogP contribution is 2.01. The van der Waals surface area contributed by atoms with Crippen molar-refractivity contribution < 1.29 is 24.3 Å². The Labute approximate surface area is 103 Å². The molecule has 1 heterocycles. The largest absolute Gasteiger partial charge is 0.480 e. The van der Waals surface area contributed by atoms with Gasteiger partial charge in [-0.05, 0) is 6.42 Å². The number of hydrogen-bond donors (Lipinski definition) is 3. The number of rotatable bonds is 4. The zero-order chi connectivity index (χ0) is 13.7. The summed E-state index contributed by atoms with van der Waals surface area (Å²) >= 11 is 0. The van der Waals surface area contributed by atoms with Crippen molar-refractivity contribution in [1.82, 2.24) is 15.5 Å². The van der Waals surface area contributed by atoms with E-state index in [-0.39, 0.29) is 19.5 Å². The molecule has 1 saturated heterocycles. The van der Waals surface area contributed by atoms with E-state index in [0.29, 0.717) is 6.42 Å². The van der Waals surface area contributed by atoms with Crippen molar-refractivity contribution in [3.05, 3.63) is 0 Å². The second-order valence-corrected chi connectivity index (χ2v) is 3.96. The Bertz CT molecular complexity index is 366. The molecule has 1 fully saturated rings. The molecule has 1 atom stereocenters. The molecule has 0 aromatic rings. The smallest absolute Gasteiger partial charge is 0.326 e. The number of carboxylic acids is 1. The van der Waals surface area contributed by atoms with Crippen LogP contribution < -0.4 is 10.6 Å². The van der Waals surface area contributed by atoms with Crippen LogP contribution in [-0.4, -0.2) is 53.0 Å². The number of urea groups is 1. The highest BCUT2D eigenvalue weighted by Gasteiger charge is 2.28. The first-order valence-corrected chi connectivity index (χ1v) is 5.55. The number of amides is 4. The van der Waals surface area contributed by atoms with Crippen LogP contribution in [0.3, 0.4) is 0 Å². The van der Waals surface area contributed by atoms with Crippen LogP contribution in [0.1, 0.15) is 19.8 Å². The van der Waals surface area contributed by atoms with Crippen LogP contribution in [0.5, 0.6) is 0 Å². The minimum Gasteiger partial charge on any atom is -0.480 e. The summed E-state index contributed by atoms with van der Waals surface area (Å²) in [6, 6.07) is -1.73.